The van der Waals surface area contributed by atoms with Crippen LogP contribution in [0, 0.1) is 0 Å². The summed E-state index contributed by atoms with van der Waals surface area (Å²) in [6.45, 7) is 3.24. The predicted octanol–water partition coefficient (Wildman–Crippen LogP) is 2.02. The molecule has 4 nitrogen and oxygen atoms in total. The molecule has 0 aromatic heterocycles. The van der Waals surface area contributed by atoms with Crippen molar-refractivity contribution in [1.82, 2.24) is 0 Å². The van der Waals surface area contributed by atoms with Gasteiger partial charge in [-0.05, 0) is 37.0 Å². The number of carbonyl (C=O) groups is 1. The number of methoxy groups -OCH3 is 1. The fourth-order valence-electron chi connectivity index (χ4n) is 2.62. The highest BCUT2D eigenvalue weighted by Gasteiger charge is 2.21. The molecule has 2 rings (SSSR count). The lowest BCUT2D eigenvalue weighted by Gasteiger charge is -2.22. The molecular formula is C15H22N2O2. The number of hydrogen-bond donors (Lipinski definition) is 1. The zero-order valence-corrected chi connectivity index (χ0v) is 11.7. The van der Waals surface area contributed by atoms with E-state index in [1.165, 1.54) is 5.56 Å². The number of amides is 1. The molecule has 19 heavy (non-hydrogen) atoms. The monoisotopic (exact) mass is 262 g/mol. The first kappa shape index (κ1) is 14.0. The van der Waals surface area contributed by atoms with Crippen LogP contribution < -0.4 is 10.6 Å². The molecular weight excluding hydrogens is 240 g/mol. The molecule has 104 valence electrons. The van der Waals surface area contributed by atoms with Gasteiger partial charge in [0.15, 0.2) is 0 Å². The van der Waals surface area contributed by atoms with Crippen LogP contribution in [0.3, 0.4) is 0 Å². The van der Waals surface area contributed by atoms with Crippen molar-refractivity contribution in [3.05, 3.63) is 29.3 Å². The average Bonchev–Trinajstić information content (AvgIpc) is 2.56. The third-order valence-electron chi connectivity index (χ3n) is 3.62. The molecule has 0 aliphatic carbocycles. The molecule has 1 aliphatic heterocycles. The second-order valence-corrected chi connectivity index (χ2v) is 4.94. The smallest absolute Gasteiger partial charge is 0.226 e. The normalized spacial score (nSPS) is 17.0. The van der Waals surface area contributed by atoms with E-state index in [1.807, 2.05) is 24.0 Å². The predicted molar refractivity (Wildman–Crippen MR) is 76.2 cm³/mol. The van der Waals surface area contributed by atoms with Crippen LogP contribution in [0.1, 0.15) is 36.9 Å². The van der Waals surface area contributed by atoms with Gasteiger partial charge >= 0.3 is 0 Å². The van der Waals surface area contributed by atoms with Crippen molar-refractivity contribution >= 4 is 11.6 Å². The van der Waals surface area contributed by atoms with E-state index in [4.69, 9.17) is 10.5 Å². The number of ether oxygens (including phenoxy) is 1. The number of benzene rings is 1. The fraction of sp³-hybridized carbons (Fsp3) is 0.533. The van der Waals surface area contributed by atoms with Crippen LogP contribution in [0.2, 0.25) is 0 Å². The van der Waals surface area contributed by atoms with Crippen molar-refractivity contribution in [2.45, 2.75) is 32.2 Å². The Bertz CT molecular complexity index is 459. The van der Waals surface area contributed by atoms with E-state index >= 15 is 0 Å². The zero-order chi connectivity index (χ0) is 13.8. The summed E-state index contributed by atoms with van der Waals surface area (Å²) in [6, 6.07) is 6.04. The van der Waals surface area contributed by atoms with E-state index in [0.717, 1.165) is 30.6 Å². The first-order valence-corrected chi connectivity index (χ1v) is 6.85. The van der Waals surface area contributed by atoms with Crippen LogP contribution in [0.5, 0.6) is 0 Å². The molecule has 4 heteroatoms. The molecule has 0 saturated carbocycles. The Hall–Kier alpha value is -1.39. The van der Waals surface area contributed by atoms with Crippen LogP contribution in [0.15, 0.2) is 18.2 Å². The second-order valence-electron chi connectivity index (χ2n) is 4.94. The standard InChI is InChI=1S/C15H22N2O2/c1-3-17-14-8-7-11(13(16)10-19-2)9-12(14)5-4-6-15(17)18/h7-9,13H,3-6,10,16H2,1-2H3. The Morgan fingerprint density at radius 1 is 1.42 bits per heavy atom. The van der Waals surface area contributed by atoms with Gasteiger partial charge in [0.1, 0.15) is 0 Å². The van der Waals surface area contributed by atoms with Gasteiger partial charge in [-0.25, -0.2) is 0 Å². The molecule has 1 heterocycles. The number of nitrogens with two attached hydrogens (primary N) is 1. The van der Waals surface area contributed by atoms with E-state index in [2.05, 4.69) is 6.07 Å². The van der Waals surface area contributed by atoms with Crippen LogP contribution in [0.4, 0.5) is 5.69 Å². The lowest BCUT2D eigenvalue weighted by Crippen LogP contribution is -2.29. The largest absolute Gasteiger partial charge is 0.383 e. The molecule has 1 atom stereocenters. The van der Waals surface area contributed by atoms with Gasteiger partial charge in [0.25, 0.3) is 0 Å². The van der Waals surface area contributed by atoms with Crippen molar-refractivity contribution in [3.63, 3.8) is 0 Å². The van der Waals surface area contributed by atoms with Gasteiger partial charge in [-0.15, -0.1) is 0 Å². The number of rotatable bonds is 4. The van der Waals surface area contributed by atoms with E-state index in [0.29, 0.717) is 13.0 Å². The van der Waals surface area contributed by atoms with Crippen molar-refractivity contribution in [2.24, 2.45) is 5.73 Å². The highest BCUT2D eigenvalue weighted by atomic mass is 16.5. The topological polar surface area (TPSA) is 55.6 Å². The fourth-order valence-corrected chi connectivity index (χ4v) is 2.62. The Balaban J connectivity index is 2.34. The molecule has 0 radical (unpaired) electrons. The summed E-state index contributed by atoms with van der Waals surface area (Å²) >= 11 is 0. The number of carbonyl (C=O) groups excluding carboxylic acids is 1. The Morgan fingerprint density at radius 3 is 2.89 bits per heavy atom. The summed E-state index contributed by atoms with van der Waals surface area (Å²) in [4.78, 5) is 13.9. The molecule has 2 N–H and O–H groups in total. The lowest BCUT2D eigenvalue weighted by atomic mass is 10.0. The Morgan fingerprint density at radius 2 is 2.21 bits per heavy atom. The molecule has 1 amide bonds. The quantitative estimate of drug-likeness (QED) is 0.903. The van der Waals surface area contributed by atoms with Crippen molar-refractivity contribution in [3.8, 4) is 0 Å². The van der Waals surface area contributed by atoms with Crippen molar-refractivity contribution < 1.29 is 9.53 Å². The number of aryl methyl sites for hydroxylation is 1. The first-order valence-electron chi connectivity index (χ1n) is 6.85. The van der Waals surface area contributed by atoms with Crippen molar-refractivity contribution in [1.29, 1.82) is 0 Å². The summed E-state index contributed by atoms with van der Waals surface area (Å²) in [7, 11) is 1.65. The molecule has 0 saturated heterocycles. The third kappa shape index (κ3) is 2.96. The Kier molecular flexibility index (Phi) is 4.56. The lowest BCUT2D eigenvalue weighted by molar-refractivity contribution is -0.118. The maximum atomic E-state index is 12.0. The minimum Gasteiger partial charge on any atom is -0.383 e. The number of hydrogen-bond acceptors (Lipinski definition) is 3. The summed E-state index contributed by atoms with van der Waals surface area (Å²) < 4.78 is 5.10. The molecule has 1 aromatic carbocycles. The molecule has 1 unspecified atom stereocenters. The number of fused-ring (bicyclic) bond motifs is 1. The average molecular weight is 262 g/mol. The maximum Gasteiger partial charge on any atom is 0.226 e. The van der Waals surface area contributed by atoms with Crippen molar-refractivity contribution in [2.75, 3.05) is 25.2 Å². The van der Waals surface area contributed by atoms with E-state index in [-0.39, 0.29) is 11.9 Å². The van der Waals surface area contributed by atoms with E-state index in [9.17, 15) is 4.79 Å². The number of nitrogens with zero attached hydrogens (tertiary/aromatic N) is 1. The number of anilines is 1. The SMILES string of the molecule is CCN1C(=O)CCCc2cc(C(N)COC)ccc21. The van der Waals surface area contributed by atoms with Crippen LogP contribution in [-0.2, 0) is 16.0 Å². The van der Waals surface area contributed by atoms with Gasteiger partial charge in [-0.1, -0.05) is 12.1 Å². The first-order chi connectivity index (χ1) is 9.17. The van der Waals surface area contributed by atoms with Crippen LogP contribution >= 0.6 is 0 Å². The Labute approximate surface area is 114 Å². The van der Waals surface area contributed by atoms with Gasteiger partial charge in [0.05, 0.1) is 12.6 Å². The summed E-state index contributed by atoms with van der Waals surface area (Å²) in [5.41, 5.74) is 9.40. The van der Waals surface area contributed by atoms with Gasteiger partial charge < -0.3 is 15.4 Å². The van der Waals surface area contributed by atoms with Gasteiger partial charge in [-0.3, -0.25) is 4.79 Å². The van der Waals surface area contributed by atoms with Gasteiger partial charge in [0.2, 0.25) is 5.91 Å². The highest BCUT2D eigenvalue weighted by molar-refractivity contribution is 5.94. The summed E-state index contributed by atoms with van der Waals surface area (Å²) in [5, 5.41) is 0. The van der Waals surface area contributed by atoms with Gasteiger partial charge in [-0.2, -0.15) is 0 Å². The minimum atomic E-state index is -0.107. The van der Waals surface area contributed by atoms with E-state index < -0.39 is 0 Å². The second kappa shape index (κ2) is 6.17. The van der Waals surface area contributed by atoms with Crippen LogP contribution in [0.25, 0.3) is 0 Å². The molecule has 0 fully saturated rings. The molecule has 0 spiro atoms. The zero-order valence-electron chi connectivity index (χ0n) is 11.7. The van der Waals surface area contributed by atoms with Gasteiger partial charge in [0, 0.05) is 25.8 Å². The molecule has 0 bridgehead atoms. The molecule has 1 aliphatic rings. The van der Waals surface area contributed by atoms with Crippen LogP contribution in [-0.4, -0.2) is 26.2 Å². The summed E-state index contributed by atoms with van der Waals surface area (Å²) in [6.07, 6.45) is 2.47. The summed E-state index contributed by atoms with van der Waals surface area (Å²) in [5.74, 6) is 0.218. The van der Waals surface area contributed by atoms with E-state index in [1.54, 1.807) is 7.11 Å². The minimum absolute atomic E-state index is 0.107. The maximum absolute atomic E-state index is 12.0. The third-order valence-corrected chi connectivity index (χ3v) is 3.62. The highest BCUT2D eigenvalue weighted by Crippen LogP contribution is 2.29. The molecule has 1 aromatic rings.